The number of methoxy groups -OCH3 is 1. The summed E-state index contributed by atoms with van der Waals surface area (Å²) >= 11 is 0. The molecule has 2 unspecified atom stereocenters. The summed E-state index contributed by atoms with van der Waals surface area (Å²) in [4.78, 5) is 51.2. The Kier molecular flexibility index (Phi) is 8.35. The van der Waals surface area contributed by atoms with Gasteiger partial charge in [-0.2, -0.15) is 5.26 Å². The predicted molar refractivity (Wildman–Crippen MR) is 114 cm³/mol. The molecule has 3 atom stereocenters. The Balaban J connectivity index is 2.26. The summed E-state index contributed by atoms with van der Waals surface area (Å²) in [7, 11) is 1.21. The molecule has 1 aromatic rings. The zero-order chi connectivity index (χ0) is 23.9. The van der Waals surface area contributed by atoms with Crippen LogP contribution in [0.25, 0.3) is 0 Å². The van der Waals surface area contributed by atoms with Gasteiger partial charge < -0.3 is 19.7 Å². The van der Waals surface area contributed by atoms with E-state index >= 15 is 0 Å². The lowest BCUT2D eigenvalue weighted by Gasteiger charge is -2.18. The second kappa shape index (κ2) is 10.8. The molecule has 2 amide bonds. The first kappa shape index (κ1) is 24.9. The molecule has 1 N–H and O–H groups in total. The number of esters is 2. The number of ether oxygens (including phenoxy) is 2. The maximum absolute atomic E-state index is 13.2. The van der Waals surface area contributed by atoms with Crippen molar-refractivity contribution in [3.63, 3.8) is 0 Å². The lowest BCUT2D eigenvalue weighted by Crippen LogP contribution is -2.50. The van der Waals surface area contributed by atoms with E-state index in [2.05, 4.69) is 5.32 Å². The molecule has 0 aliphatic carbocycles. The standard InChI is InChI=1S/C23H29N3O6/c1-5-32-20(28)13-19(27)26-18(11-15(2)3)23(26,14-24)22(30)25-17(21(29)31-4)12-16-9-7-6-8-10-16/h6-10,15,17-18H,5,11-13H2,1-4H3,(H,25,30)/t17-,18?,23?,26?/m0/s1. The molecule has 1 saturated heterocycles. The number of amides is 2. The molecule has 0 saturated carbocycles. The summed E-state index contributed by atoms with van der Waals surface area (Å²) in [6, 6.07) is 9.25. The molecule has 9 nitrogen and oxygen atoms in total. The van der Waals surface area contributed by atoms with Gasteiger partial charge >= 0.3 is 11.9 Å². The maximum atomic E-state index is 13.2. The third kappa shape index (κ3) is 5.44. The largest absolute Gasteiger partial charge is 0.467 e. The Morgan fingerprint density at radius 2 is 1.88 bits per heavy atom. The lowest BCUT2D eigenvalue weighted by molar-refractivity contribution is -0.148. The van der Waals surface area contributed by atoms with Crippen molar-refractivity contribution in [2.45, 2.75) is 57.7 Å². The van der Waals surface area contributed by atoms with Crippen molar-refractivity contribution in [3.8, 4) is 6.07 Å². The van der Waals surface area contributed by atoms with Crippen LogP contribution in [0.15, 0.2) is 30.3 Å². The van der Waals surface area contributed by atoms with E-state index in [1.165, 1.54) is 7.11 Å². The summed E-state index contributed by atoms with van der Waals surface area (Å²) in [6.45, 7) is 5.54. The van der Waals surface area contributed by atoms with Crippen LogP contribution in [0, 0.1) is 17.2 Å². The molecule has 2 rings (SSSR count). The molecule has 1 aliphatic heterocycles. The van der Waals surface area contributed by atoms with Gasteiger partial charge in [-0.15, -0.1) is 0 Å². The van der Waals surface area contributed by atoms with E-state index in [1.54, 1.807) is 31.2 Å². The fourth-order valence-electron chi connectivity index (χ4n) is 3.75. The monoisotopic (exact) mass is 443 g/mol. The van der Waals surface area contributed by atoms with E-state index < -0.39 is 47.8 Å². The Labute approximate surface area is 187 Å². The fraction of sp³-hybridized carbons (Fsp3) is 0.522. The van der Waals surface area contributed by atoms with E-state index in [0.29, 0.717) is 6.42 Å². The molecule has 9 heteroatoms. The SMILES string of the molecule is CCOC(=O)CC(=O)N1C(CC(C)C)C1(C#N)C(=O)N[C@@H](Cc1ccccc1)C(=O)OC. The molecule has 0 bridgehead atoms. The van der Waals surface area contributed by atoms with Crippen LogP contribution in [0.1, 0.15) is 39.2 Å². The number of nitrogens with one attached hydrogen (secondary N) is 1. The van der Waals surface area contributed by atoms with E-state index in [1.807, 2.05) is 26.0 Å². The quantitative estimate of drug-likeness (QED) is 0.329. The summed E-state index contributed by atoms with van der Waals surface area (Å²) < 4.78 is 9.63. The Morgan fingerprint density at radius 3 is 2.41 bits per heavy atom. The normalized spacial score (nSPS) is 20.1. The maximum Gasteiger partial charge on any atom is 0.328 e. The fourth-order valence-corrected chi connectivity index (χ4v) is 3.75. The second-order valence-electron chi connectivity index (χ2n) is 8.01. The Morgan fingerprint density at radius 1 is 1.22 bits per heavy atom. The third-order valence-corrected chi connectivity index (χ3v) is 5.26. The van der Waals surface area contributed by atoms with Crippen LogP contribution < -0.4 is 5.32 Å². The van der Waals surface area contributed by atoms with E-state index in [9.17, 15) is 24.4 Å². The van der Waals surface area contributed by atoms with Gasteiger partial charge in [0.15, 0.2) is 0 Å². The highest BCUT2D eigenvalue weighted by molar-refractivity contribution is 6.05. The van der Waals surface area contributed by atoms with Crippen molar-refractivity contribution in [3.05, 3.63) is 35.9 Å². The van der Waals surface area contributed by atoms with Gasteiger partial charge in [0.1, 0.15) is 18.5 Å². The summed E-state index contributed by atoms with van der Waals surface area (Å²) in [6.07, 6.45) is -0.0207. The zero-order valence-electron chi connectivity index (χ0n) is 18.8. The van der Waals surface area contributed by atoms with Crippen LogP contribution >= 0.6 is 0 Å². The number of hydrogen-bond donors (Lipinski definition) is 1. The molecular formula is C23H29N3O6. The number of hydrogen-bond acceptors (Lipinski definition) is 7. The molecule has 1 heterocycles. The van der Waals surface area contributed by atoms with Gasteiger partial charge in [-0.1, -0.05) is 44.2 Å². The average molecular weight is 444 g/mol. The number of nitrogens with zero attached hydrogens (tertiary/aromatic N) is 2. The minimum Gasteiger partial charge on any atom is -0.467 e. The van der Waals surface area contributed by atoms with Gasteiger partial charge in [-0.05, 0) is 24.8 Å². The molecule has 1 fully saturated rings. The van der Waals surface area contributed by atoms with Gasteiger partial charge in [0, 0.05) is 6.42 Å². The summed E-state index contributed by atoms with van der Waals surface area (Å²) in [5.41, 5.74) is -1.00. The molecule has 0 aromatic heterocycles. The lowest BCUT2D eigenvalue weighted by atomic mass is 9.97. The van der Waals surface area contributed by atoms with E-state index in [4.69, 9.17) is 9.47 Å². The Hall–Kier alpha value is -3.41. The van der Waals surface area contributed by atoms with Gasteiger partial charge in [-0.3, -0.25) is 14.4 Å². The van der Waals surface area contributed by atoms with Crippen LogP contribution in [-0.2, 0) is 35.1 Å². The van der Waals surface area contributed by atoms with Gasteiger partial charge in [-0.25, -0.2) is 4.79 Å². The highest BCUT2D eigenvalue weighted by Gasteiger charge is 2.71. The van der Waals surface area contributed by atoms with Crippen molar-refractivity contribution in [2.75, 3.05) is 13.7 Å². The van der Waals surface area contributed by atoms with Gasteiger partial charge in [0.2, 0.25) is 11.4 Å². The van der Waals surface area contributed by atoms with Crippen molar-refractivity contribution < 1.29 is 28.7 Å². The summed E-state index contributed by atoms with van der Waals surface area (Å²) in [5, 5.41) is 12.5. The van der Waals surface area contributed by atoms with Crippen LogP contribution in [0.2, 0.25) is 0 Å². The smallest absolute Gasteiger partial charge is 0.328 e. The van der Waals surface area contributed by atoms with Gasteiger partial charge in [0.05, 0.1) is 19.8 Å². The molecule has 0 radical (unpaired) electrons. The molecular weight excluding hydrogens is 414 g/mol. The number of carbonyl (C=O) groups is 4. The van der Waals surface area contributed by atoms with Gasteiger partial charge in [0.25, 0.3) is 5.91 Å². The second-order valence-corrected chi connectivity index (χ2v) is 8.01. The average Bonchev–Trinajstić information content (AvgIpc) is 3.41. The van der Waals surface area contributed by atoms with Crippen molar-refractivity contribution in [1.82, 2.24) is 10.2 Å². The first-order valence-corrected chi connectivity index (χ1v) is 10.5. The Bertz CT molecular complexity index is 895. The van der Waals surface area contributed by atoms with Crippen LogP contribution in [0.4, 0.5) is 0 Å². The number of benzene rings is 1. The molecule has 172 valence electrons. The molecule has 1 aliphatic rings. The third-order valence-electron chi connectivity index (χ3n) is 5.26. The first-order valence-electron chi connectivity index (χ1n) is 10.5. The highest BCUT2D eigenvalue weighted by Crippen LogP contribution is 2.45. The number of rotatable bonds is 10. The van der Waals surface area contributed by atoms with E-state index in [0.717, 1.165) is 10.5 Å². The zero-order valence-corrected chi connectivity index (χ0v) is 18.8. The van der Waals surface area contributed by atoms with Crippen LogP contribution in [0.5, 0.6) is 0 Å². The molecule has 0 spiro atoms. The minimum atomic E-state index is -1.79. The van der Waals surface area contributed by atoms with Crippen molar-refractivity contribution in [1.29, 1.82) is 5.26 Å². The molecule has 32 heavy (non-hydrogen) atoms. The number of carbonyl (C=O) groups excluding carboxylic acids is 4. The van der Waals surface area contributed by atoms with E-state index in [-0.39, 0.29) is 18.9 Å². The van der Waals surface area contributed by atoms with Crippen molar-refractivity contribution in [2.24, 2.45) is 5.92 Å². The highest BCUT2D eigenvalue weighted by atomic mass is 16.5. The summed E-state index contributed by atoms with van der Waals surface area (Å²) in [5.74, 6) is -2.74. The number of nitriles is 1. The topological polar surface area (TPSA) is 126 Å². The molecule has 1 aromatic carbocycles. The van der Waals surface area contributed by atoms with Crippen molar-refractivity contribution >= 4 is 23.8 Å². The minimum absolute atomic E-state index is 0.0849. The van der Waals surface area contributed by atoms with Crippen LogP contribution in [-0.4, -0.2) is 60.0 Å². The first-order chi connectivity index (χ1) is 15.2. The van der Waals surface area contributed by atoms with Crippen LogP contribution in [0.3, 0.4) is 0 Å². The predicted octanol–water partition coefficient (Wildman–Crippen LogP) is 1.36.